The van der Waals surface area contributed by atoms with Gasteiger partial charge in [0.1, 0.15) is 0 Å². The third kappa shape index (κ3) is 2.27. The van der Waals surface area contributed by atoms with Crippen LogP contribution in [0, 0.1) is 0 Å². The fourth-order valence-corrected chi connectivity index (χ4v) is 2.58. The smallest absolute Gasteiger partial charge is 0.174 e. The molecule has 0 aromatic carbocycles. The molecule has 17 heavy (non-hydrogen) atoms. The molecule has 1 unspecified atom stereocenters. The summed E-state index contributed by atoms with van der Waals surface area (Å²) in [4.78, 5) is 0. The minimum atomic E-state index is -0.0434. The van der Waals surface area contributed by atoms with Gasteiger partial charge < -0.3 is 9.73 Å². The maximum Gasteiger partial charge on any atom is 0.174 e. The van der Waals surface area contributed by atoms with Gasteiger partial charge in [0.25, 0.3) is 0 Å². The van der Waals surface area contributed by atoms with Crippen LogP contribution in [-0.4, -0.2) is 16.8 Å². The van der Waals surface area contributed by atoms with Gasteiger partial charge in [-0.3, -0.25) is 4.68 Å². The van der Waals surface area contributed by atoms with Crippen LogP contribution < -0.4 is 5.32 Å². The number of nitrogens with one attached hydrogen (secondary N) is 1. The first-order chi connectivity index (χ1) is 8.19. The molecular formula is C11H13BrClN3O. The van der Waals surface area contributed by atoms with Crippen LogP contribution >= 0.6 is 27.5 Å². The Balaban J connectivity index is 2.49. The van der Waals surface area contributed by atoms with Crippen LogP contribution in [-0.2, 0) is 6.54 Å². The summed E-state index contributed by atoms with van der Waals surface area (Å²) in [6.45, 7) is 2.81. The number of aromatic nitrogens is 2. The monoisotopic (exact) mass is 317 g/mol. The fraction of sp³-hybridized carbons (Fsp3) is 0.364. The third-order valence-corrected chi connectivity index (χ3v) is 3.59. The molecule has 0 aliphatic rings. The lowest BCUT2D eigenvalue weighted by atomic mass is 10.1. The van der Waals surface area contributed by atoms with E-state index in [9.17, 15) is 0 Å². The molecule has 1 N–H and O–H groups in total. The summed E-state index contributed by atoms with van der Waals surface area (Å²) in [5.41, 5.74) is 1.95. The zero-order valence-electron chi connectivity index (χ0n) is 9.58. The molecule has 4 nitrogen and oxygen atoms in total. The SMILES string of the molecule is CCn1ncc(Cl)c1C(NC)c1ccoc1Br. The summed E-state index contributed by atoms with van der Waals surface area (Å²) < 4.78 is 7.85. The highest BCUT2D eigenvalue weighted by Crippen LogP contribution is 2.32. The average Bonchev–Trinajstić information content (AvgIpc) is 2.89. The van der Waals surface area contributed by atoms with Crippen LogP contribution in [0.4, 0.5) is 0 Å². The summed E-state index contributed by atoms with van der Waals surface area (Å²) in [6, 6.07) is 1.87. The summed E-state index contributed by atoms with van der Waals surface area (Å²) >= 11 is 9.58. The molecule has 0 aliphatic carbocycles. The molecule has 0 aliphatic heterocycles. The van der Waals surface area contributed by atoms with Crippen LogP contribution in [0.15, 0.2) is 27.6 Å². The molecule has 2 aromatic heterocycles. The molecule has 0 spiro atoms. The Hall–Kier alpha value is -0.780. The molecule has 92 valence electrons. The van der Waals surface area contributed by atoms with Gasteiger partial charge in [-0.25, -0.2) is 0 Å². The Morgan fingerprint density at radius 3 is 2.94 bits per heavy atom. The fourth-order valence-electron chi connectivity index (χ4n) is 1.86. The van der Waals surface area contributed by atoms with Crippen molar-refractivity contribution in [1.29, 1.82) is 0 Å². The van der Waals surface area contributed by atoms with E-state index in [0.29, 0.717) is 9.69 Å². The Morgan fingerprint density at radius 2 is 2.41 bits per heavy atom. The van der Waals surface area contributed by atoms with Gasteiger partial charge in [-0.2, -0.15) is 5.10 Å². The van der Waals surface area contributed by atoms with Crippen molar-refractivity contribution in [2.45, 2.75) is 19.5 Å². The van der Waals surface area contributed by atoms with Gasteiger partial charge in [0.2, 0.25) is 0 Å². The molecule has 0 radical (unpaired) electrons. The summed E-state index contributed by atoms with van der Waals surface area (Å²) in [6.07, 6.45) is 3.31. The average molecular weight is 319 g/mol. The second-order valence-corrected chi connectivity index (χ2v) is 4.69. The van der Waals surface area contributed by atoms with E-state index >= 15 is 0 Å². The number of rotatable bonds is 4. The quantitative estimate of drug-likeness (QED) is 0.941. The molecule has 2 aromatic rings. The van der Waals surface area contributed by atoms with E-state index in [4.69, 9.17) is 16.0 Å². The van der Waals surface area contributed by atoms with E-state index in [2.05, 4.69) is 26.3 Å². The summed E-state index contributed by atoms with van der Waals surface area (Å²) in [7, 11) is 1.88. The van der Waals surface area contributed by atoms with Crippen molar-refractivity contribution in [1.82, 2.24) is 15.1 Å². The molecule has 0 saturated heterocycles. The van der Waals surface area contributed by atoms with Gasteiger partial charge in [-0.1, -0.05) is 11.6 Å². The van der Waals surface area contributed by atoms with Crippen molar-refractivity contribution in [3.63, 3.8) is 0 Å². The Kier molecular flexibility index (Phi) is 3.91. The highest BCUT2D eigenvalue weighted by Gasteiger charge is 2.23. The standard InChI is InChI=1S/C11H13BrClN3O/c1-3-16-10(8(13)6-15-16)9(14-2)7-4-5-17-11(7)12/h4-6,9,14H,3H2,1-2H3. The molecule has 2 heterocycles. The van der Waals surface area contributed by atoms with E-state index in [1.165, 1.54) is 0 Å². The van der Waals surface area contributed by atoms with Gasteiger partial charge in [-0.15, -0.1) is 0 Å². The Labute approximate surface area is 113 Å². The maximum atomic E-state index is 6.20. The molecule has 2 rings (SSSR count). The lowest BCUT2D eigenvalue weighted by Crippen LogP contribution is -2.21. The van der Waals surface area contributed by atoms with Crippen molar-refractivity contribution < 1.29 is 4.42 Å². The molecule has 0 fully saturated rings. The Bertz CT molecular complexity index is 509. The lowest BCUT2D eigenvalue weighted by Gasteiger charge is -2.17. The molecule has 0 bridgehead atoms. The zero-order valence-corrected chi connectivity index (χ0v) is 11.9. The van der Waals surface area contributed by atoms with Gasteiger partial charge in [-0.05, 0) is 36.0 Å². The van der Waals surface area contributed by atoms with Crippen molar-refractivity contribution in [2.75, 3.05) is 7.05 Å². The molecule has 6 heteroatoms. The van der Waals surface area contributed by atoms with Gasteiger partial charge in [0.15, 0.2) is 4.67 Å². The van der Waals surface area contributed by atoms with Crippen molar-refractivity contribution >= 4 is 27.5 Å². The number of nitrogens with zero attached hydrogens (tertiary/aromatic N) is 2. The number of aryl methyl sites for hydroxylation is 1. The van der Waals surface area contributed by atoms with E-state index in [1.54, 1.807) is 12.5 Å². The normalized spacial score (nSPS) is 12.9. The van der Waals surface area contributed by atoms with Crippen LogP contribution in [0.1, 0.15) is 24.2 Å². The predicted molar refractivity (Wildman–Crippen MR) is 70.2 cm³/mol. The molecule has 1 atom stereocenters. The largest absolute Gasteiger partial charge is 0.457 e. The Morgan fingerprint density at radius 1 is 1.65 bits per heavy atom. The first-order valence-electron chi connectivity index (χ1n) is 5.30. The number of halogens is 2. The number of furan rings is 1. The van der Waals surface area contributed by atoms with Gasteiger partial charge >= 0.3 is 0 Å². The third-order valence-electron chi connectivity index (χ3n) is 2.65. The highest BCUT2D eigenvalue weighted by molar-refractivity contribution is 9.10. The maximum absolute atomic E-state index is 6.20. The second-order valence-electron chi connectivity index (χ2n) is 3.56. The van der Waals surface area contributed by atoms with E-state index in [0.717, 1.165) is 17.8 Å². The van der Waals surface area contributed by atoms with E-state index in [1.807, 2.05) is 24.7 Å². The van der Waals surface area contributed by atoms with Gasteiger partial charge in [0.05, 0.1) is 29.2 Å². The topological polar surface area (TPSA) is 43.0 Å². The van der Waals surface area contributed by atoms with E-state index in [-0.39, 0.29) is 6.04 Å². The van der Waals surface area contributed by atoms with Gasteiger partial charge in [0, 0.05) is 12.1 Å². The highest BCUT2D eigenvalue weighted by atomic mass is 79.9. The molecule has 0 saturated carbocycles. The second kappa shape index (κ2) is 5.25. The molecular weight excluding hydrogens is 305 g/mol. The minimum absolute atomic E-state index is 0.0434. The summed E-state index contributed by atoms with van der Waals surface area (Å²) in [5.74, 6) is 0. The number of hydrogen-bond acceptors (Lipinski definition) is 3. The molecule has 0 amide bonds. The van der Waals surface area contributed by atoms with Crippen LogP contribution in [0.3, 0.4) is 0 Å². The zero-order chi connectivity index (χ0) is 12.4. The first-order valence-corrected chi connectivity index (χ1v) is 6.47. The van der Waals surface area contributed by atoms with Crippen LogP contribution in [0.25, 0.3) is 0 Å². The van der Waals surface area contributed by atoms with Crippen LogP contribution in [0.5, 0.6) is 0 Å². The number of hydrogen-bond donors (Lipinski definition) is 1. The van der Waals surface area contributed by atoms with Crippen molar-refractivity contribution in [3.8, 4) is 0 Å². The minimum Gasteiger partial charge on any atom is -0.457 e. The van der Waals surface area contributed by atoms with Crippen LogP contribution in [0.2, 0.25) is 5.02 Å². The predicted octanol–water partition coefficient (Wildman–Crippen LogP) is 3.22. The summed E-state index contributed by atoms with van der Waals surface area (Å²) in [5, 5.41) is 8.12. The lowest BCUT2D eigenvalue weighted by molar-refractivity contribution is 0.519. The van der Waals surface area contributed by atoms with Crippen molar-refractivity contribution in [2.24, 2.45) is 0 Å². The van der Waals surface area contributed by atoms with Crippen molar-refractivity contribution in [3.05, 3.63) is 39.5 Å². The van der Waals surface area contributed by atoms with E-state index < -0.39 is 0 Å². The first kappa shape index (κ1) is 12.7.